The Morgan fingerprint density at radius 1 is 1.16 bits per heavy atom. The summed E-state index contributed by atoms with van der Waals surface area (Å²) in [5.74, 6) is -0.0664. The van der Waals surface area contributed by atoms with E-state index in [-0.39, 0.29) is 28.3 Å². The lowest BCUT2D eigenvalue weighted by Crippen LogP contribution is -2.36. The van der Waals surface area contributed by atoms with Gasteiger partial charge in [0, 0.05) is 5.25 Å². The van der Waals surface area contributed by atoms with E-state index in [0.29, 0.717) is 16.5 Å². The molecular weight excluding hydrogens is 499 g/mol. The summed E-state index contributed by atoms with van der Waals surface area (Å²) < 4.78 is 31.4. The maximum Gasteiger partial charge on any atom is 0.322 e. The molecule has 0 bridgehead atoms. The summed E-state index contributed by atoms with van der Waals surface area (Å²) >= 11 is 13.3. The third-order valence-electron chi connectivity index (χ3n) is 4.14. The van der Waals surface area contributed by atoms with E-state index in [1.807, 2.05) is 26.8 Å². The van der Waals surface area contributed by atoms with Gasteiger partial charge in [0.1, 0.15) is 12.2 Å². The maximum absolute atomic E-state index is 11.7. The third kappa shape index (κ3) is 8.53. The second-order valence-electron chi connectivity index (χ2n) is 7.57. The SMILES string of the molecule is CC(C)C[C@@H](Oc1nc(NS(C)(=O)=O)nc(SC(C)c2ccc(Cl)c(Cl)c2)n1)[C@@H](O)CO. The molecule has 1 aromatic carbocycles. The summed E-state index contributed by atoms with van der Waals surface area (Å²) in [6.07, 6.45) is -0.560. The number of aliphatic hydroxyl groups is 2. The summed E-state index contributed by atoms with van der Waals surface area (Å²) in [4.78, 5) is 12.4. The zero-order valence-electron chi connectivity index (χ0n) is 18.0. The predicted octanol–water partition coefficient (Wildman–Crippen LogP) is 3.55. The van der Waals surface area contributed by atoms with Crippen LogP contribution in [0.4, 0.5) is 5.95 Å². The third-order valence-corrected chi connectivity index (χ3v) is 6.45. The van der Waals surface area contributed by atoms with Crippen LogP contribution >= 0.6 is 35.0 Å². The molecule has 0 radical (unpaired) electrons. The van der Waals surface area contributed by atoms with Crippen molar-refractivity contribution in [2.75, 3.05) is 17.6 Å². The molecule has 3 atom stereocenters. The van der Waals surface area contributed by atoms with Gasteiger partial charge in [0.2, 0.25) is 16.0 Å². The van der Waals surface area contributed by atoms with Crippen LogP contribution in [0.5, 0.6) is 6.01 Å². The number of nitrogens with zero attached hydrogens (tertiary/aromatic N) is 3. The summed E-state index contributed by atoms with van der Waals surface area (Å²) in [6, 6.07) is 5.05. The van der Waals surface area contributed by atoms with Gasteiger partial charge in [-0.15, -0.1) is 0 Å². The highest BCUT2D eigenvalue weighted by atomic mass is 35.5. The number of thioether (sulfide) groups is 1. The van der Waals surface area contributed by atoms with Crippen LogP contribution < -0.4 is 9.46 Å². The van der Waals surface area contributed by atoms with Crippen LogP contribution in [-0.4, -0.2) is 58.7 Å². The van der Waals surface area contributed by atoms with Gasteiger partial charge in [0.05, 0.1) is 22.9 Å². The van der Waals surface area contributed by atoms with E-state index in [1.54, 1.807) is 12.1 Å². The first kappa shape index (κ1) is 26.9. The first-order valence-corrected chi connectivity index (χ1v) is 13.2. The summed E-state index contributed by atoms with van der Waals surface area (Å²) in [5, 5.41) is 20.3. The molecule has 9 nitrogen and oxygen atoms in total. The molecule has 2 aromatic rings. The van der Waals surface area contributed by atoms with Gasteiger partial charge in [0.15, 0.2) is 5.16 Å². The Morgan fingerprint density at radius 3 is 2.41 bits per heavy atom. The fourth-order valence-electron chi connectivity index (χ4n) is 2.65. The molecule has 0 saturated heterocycles. The first-order valence-electron chi connectivity index (χ1n) is 9.69. The van der Waals surface area contributed by atoms with Crippen LogP contribution in [0.2, 0.25) is 10.0 Å². The molecule has 0 aliphatic rings. The predicted molar refractivity (Wildman–Crippen MR) is 126 cm³/mol. The normalized spacial score (nSPS) is 14.8. The second kappa shape index (κ2) is 11.7. The van der Waals surface area contributed by atoms with E-state index in [2.05, 4.69) is 19.7 Å². The summed E-state index contributed by atoms with van der Waals surface area (Å²) in [7, 11) is -3.66. The van der Waals surface area contributed by atoms with Crippen molar-refractivity contribution in [3.05, 3.63) is 33.8 Å². The number of hydrogen-bond acceptors (Lipinski definition) is 9. The highest BCUT2D eigenvalue weighted by Crippen LogP contribution is 2.36. The van der Waals surface area contributed by atoms with E-state index in [4.69, 9.17) is 27.9 Å². The monoisotopic (exact) mass is 524 g/mol. The van der Waals surface area contributed by atoms with Crippen molar-refractivity contribution in [1.82, 2.24) is 15.0 Å². The molecule has 3 N–H and O–H groups in total. The van der Waals surface area contributed by atoms with Crippen LogP contribution in [0.3, 0.4) is 0 Å². The van der Waals surface area contributed by atoms with Crippen molar-refractivity contribution in [2.45, 2.75) is 49.8 Å². The number of rotatable bonds is 11. The van der Waals surface area contributed by atoms with Gasteiger partial charge in [0.25, 0.3) is 0 Å². The minimum Gasteiger partial charge on any atom is -0.457 e. The van der Waals surface area contributed by atoms with Gasteiger partial charge >= 0.3 is 6.01 Å². The molecule has 1 aromatic heterocycles. The zero-order chi connectivity index (χ0) is 24.1. The number of aliphatic hydroxyl groups excluding tert-OH is 2. The second-order valence-corrected chi connectivity index (χ2v) is 11.4. The average Bonchev–Trinajstić information content (AvgIpc) is 2.67. The molecule has 0 aliphatic carbocycles. The molecule has 1 unspecified atom stereocenters. The van der Waals surface area contributed by atoms with Crippen molar-refractivity contribution in [3.8, 4) is 6.01 Å². The van der Waals surface area contributed by atoms with Crippen molar-refractivity contribution in [3.63, 3.8) is 0 Å². The molecule has 1 heterocycles. The Kier molecular flexibility index (Phi) is 9.80. The smallest absolute Gasteiger partial charge is 0.322 e. The highest BCUT2D eigenvalue weighted by Gasteiger charge is 2.24. The van der Waals surface area contributed by atoms with E-state index >= 15 is 0 Å². The van der Waals surface area contributed by atoms with Crippen LogP contribution in [0.25, 0.3) is 0 Å². The van der Waals surface area contributed by atoms with Crippen molar-refractivity contribution < 1.29 is 23.4 Å². The van der Waals surface area contributed by atoms with E-state index in [9.17, 15) is 18.6 Å². The molecular formula is C19H26Cl2N4O5S2. The van der Waals surface area contributed by atoms with Crippen LogP contribution in [0.1, 0.15) is 38.0 Å². The van der Waals surface area contributed by atoms with Gasteiger partial charge in [-0.05, 0) is 37.0 Å². The van der Waals surface area contributed by atoms with Gasteiger partial charge in [-0.3, -0.25) is 4.72 Å². The molecule has 2 rings (SSSR count). The Bertz CT molecular complexity index is 1030. The number of benzene rings is 1. The highest BCUT2D eigenvalue weighted by molar-refractivity contribution is 7.99. The number of sulfonamides is 1. The van der Waals surface area contributed by atoms with Crippen molar-refractivity contribution in [2.24, 2.45) is 5.92 Å². The standard InChI is InChI=1S/C19H26Cl2N4O5S2/c1-10(2)7-16(15(27)9-26)30-18-22-17(25-32(4,28)29)23-19(24-18)31-11(3)12-5-6-13(20)14(21)8-12/h5-6,8,10-11,15-16,26-27H,7,9H2,1-4H3,(H,22,23,24,25)/t11?,15-,16+/m0/s1. The fourth-order valence-corrected chi connectivity index (χ4v) is 4.25. The average molecular weight is 525 g/mol. The number of nitrogens with one attached hydrogen (secondary N) is 1. The minimum atomic E-state index is -3.66. The Morgan fingerprint density at radius 2 is 1.84 bits per heavy atom. The fraction of sp³-hybridized carbons (Fsp3) is 0.526. The number of anilines is 1. The largest absolute Gasteiger partial charge is 0.457 e. The lowest BCUT2D eigenvalue weighted by Gasteiger charge is -2.23. The van der Waals surface area contributed by atoms with E-state index < -0.39 is 28.8 Å². The van der Waals surface area contributed by atoms with Gasteiger partial charge in [-0.2, -0.15) is 15.0 Å². The number of aromatic nitrogens is 3. The lowest BCUT2D eigenvalue weighted by atomic mass is 10.0. The van der Waals surface area contributed by atoms with Crippen molar-refractivity contribution >= 4 is 50.9 Å². The Hall–Kier alpha value is -1.37. The van der Waals surface area contributed by atoms with Crippen LogP contribution in [-0.2, 0) is 10.0 Å². The molecule has 0 spiro atoms. The van der Waals surface area contributed by atoms with Gasteiger partial charge in [-0.1, -0.05) is 54.9 Å². The Labute approximate surface area is 202 Å². The number of hydrogen-bond donors (Lipinski definition) is 3. The van der Waals surface area contributed by atoms with Crippen molar-refractivity contribution in [1.29, 1.82) is 0 Å². The molecule has 0 fully saturated rings. The van der Waals surface area contributed by atoms with Gasteiger partial charge < -0.3 is 14.9 Å². The Balaban J connectivity index is 2.36. The van der Waals surface area contributed by atoms with E-state index in [1.165, 1.54) is 11.8 Å². The quantitative estimate of drug-likeness (QED) is 0.377. The van der Waals surface area contributed by atoms with Crippen LogP contribution in [0.15, 0.2) is 23.4 Å². The number of ether oxygens (including phenoxy) is 1. The van der Waals surface area contributed by atoms with Crippen LogP contribution in [0, 0.1) is 5.92 Å². The molecule has 0 aliphatic heterocycles. The summed E-state index contributed by atoms with van der Waals surface area (Å²) in [6.45, 7) is 5.26. The van der Waals surface area contributed by atoms with Gasteiger partial charge in [-0.25, -0.2) is 8.42 Å². The zero-order valence-corrected chi connectivity index (χ0v) is 21.1. The molecule has 0 saturated carbocycles. The molecule has 178 valence electrons. The lowest BCUT2D eigenvalue weighted by molar-refractivity contribution is -0.0138. The number of halogens is 2. The topological polar surface area (TPSA) is 135 Å². The van der Waals surface area contributed by atoms with E-state index in [0.717, 1.165) is 11.8 Å². The maximum atomic E-state index is 11.7. The first-order chi connectivity index (χ1) is 14.9. The molecule has 13 heteroatoms. The molecule has 0 amide bonds. The summed E-state index contributed by atoms with van der Waals surface area (Å²) in [5.41, 5.74) is 0.860. The molecule has 32 heavy (non-hydrogen) atoms. The minimum absolute atomic E-state index is 0.153.